The molecule has 0 amide bonds. The lowest BCUT2D eigenvalue weighted by molar-refractivity contribution is 0.476. The molecule has 0 saturated carbocycles. The van der Waals surface area contributed by atoms with Crippen LogP contribution < -0.4 is 4.74 Å². The molecule has 0 atom stereocenters. The van der Waals surface area contributed by atoms with Crippen molar-refractivity contribution in [2.75, 3.05) is 0 Å². The van der Waals surface area contributed by atoms with E-state index in [1.54, 1.807) is 0 Å². The Morgan fingerprint density at radius 2 is 1.11 bits per heavy atom. The van der Waals surface area contributed by atoms with Gasteiger partial charge < -0.3 is 13.9 Å². The number of rotatable bonds is 2. The second-order valence-electron chi connectivity index (χ2n) is 15.1. The molecule has 0 aliphatic carbocycles. The van der Waals surface area contributed by atoms with Crippen LogP contribution in [0.2, 0.25) is 0 Å². The average molecular weight is 611 g/mol. The van der Waals surface area contributed by atoms with Crippen LogP contribution in [0.3, 0.4) is 0 Å². The number of fused-ring (bicyclic) bond motifs is 8. The van der Waals surface area contributed by atoms with Crippen molar-refractivity contribution in [2.24, 2.45) is 0 Å². The highest BCUT2D eigenvalue weighted by Crippen LogP contribution is 2.47. The summed E-state index contributed by atoms with van der Waals surface area (Å²) in [4.78, 5) is 0. The molecule has 0 spiro atoms. The summed E-state index contributed by atoms with van der Waals surface area (Å²) in [7, 11) is 0. The van der Waals surface area contributed by atoms with Gasteiger partial charge >= 0.3 is 0 Å². The minimum atomic E-state index is 0.0739. The van der Waals surface area contributed by atoms with Crippen molar-refractivity contribution in [2.45, 2.75) is 52.4 Å². The summed E-state index contributed by atoms with van der Waals surface area (Å²) in [5, 5.41) is 5.07. The van der Waals surface area contributed by atoms with Gasteiger partial charge in [-0.15, -0.1) is 0 Å². The van der Waals surface area contributed by atoms with Crippen molar-refractivity contribution in [3.8, 4) is 34.0 Å². The van der Waals surface area contributed by atoms with Gasteiger partial charge in [0, 0.05) is 27.2 Å². The SMILES string of the molecule is CC(C)(C)c1ccc2c(c1)c1cc(C(C)(C)C)ccc1n2-c1ccc(-c2cccc3c2c2cccc4c2n3-c2ccccc2O4)cc1. The second kappa shape index (κ2) is 9.62. The van der Waals surface area contributed by atoms with Gasteiger partial charge in [0.05, 0.1) is 27.8 Å². The van der Waals surface area contributed by atoms with Gasteiger partial charge in [-0.2, -0.15) is 0 Å². The van der Waals surface area contributed by atoms with Gasteiger partial charge in [0.1, 0.15) is 0 Å². The lowest BCUT2D eigenvalue weighted by Crippen LogP contribution is -2.10. The van der Waals surface area contributed by atoms with Crippen LogP contribution in [0.1, 0.15) is 52.7 Å². The van der Waals surface area contributed by atoms with Gasteiger partial charge in [-0.1, -0.05) is 102 Å². The van der Waals surface area contributed by atoms with E-state index in [0.717, 1.165) is 28.4 Å². The molecule has 2 aromatic heterocycles. The third-order valence-corrected chi connectivity index (χ3v) is 10.0. The van der Waals surface area contributed by atoms with E-state index in [-0.39, 0.29) is 10.8 Å². The number of benzene rings is 6. The number of aromatic nitrogens is 2. The summed E-state index contributed by atoms with van der Waals surface area (Å²) in [5.41, 5.74) is 12.3. The molecule has 3 heterocycles. The molecular formula is C44H38N2O. The fourth-order valence-corrected chi connectivity index (χ4v) is 7.53. The highest BCUT2D eigenvalue weighted by atomic mass is 16.5. The lowest BCUT2D eigenvalue weighted by Gasteiger charge is -2.20. The Kier molecular flexibility index (Phi) is 5.73. The van der Waals surface area contributed by atoms with Crippen molar-refractivity contribution in [1.82, 2.24) is 9.13 Å². The maximum absolute atomic E-state index is 6.38. The standard InChI is InChI=1S/C44H38N2O/c1-43(2,3)28-19-23-35-33(25-28)34-26-29(44(4,5)6)20-24-36(34)45(35)30-21-17-27(18-22-30)31-11-9-14-38-41(31)32-12-10-16-40-42(32)46(38)37-13-7-8-15-39(37)47-40/h7-26H,1-6H3. The third-order valence-electron chi connectivity index (χ3n) is 10.0. The van der Waals surface area contributed by atoms with E-state index in [9.17, 15) is 0 Å². The summed E-state index contributed by atoms with van der Waals surface area (Å²) >= 11 is 0. The van der Waals surface area contributed by atoms with E-state index in [4.69, 9.17) is 4.74 Å². The van der Waals surface area contributed by atoms with Crippen LogP contribution in [0.25, 0.3) is 66.1 Å². The van der Waals surface area contributed by atoms with Crippen molar-refractivity contribution in [3.05, 3.63) is 132 Å². The molecule has 0 radical (unpaired) electrons. The zero-order chi connectivity index (χ0) is 32.2. The van der Waals surface area contributed by atoms with Crippen LogP contribution in [0.5, 0.6) is 11.5 Å². The molecule has 1 aliphatic heterocycles. The smallest absolute Gasteiger partial charge is 0.152 e. The molecule has 0 unspecified atom stereocenters. The zero-order valence-corrected chi connectivity index (χ0v) is 27.8. The Labute approximate surface area is 275 Å². The highest BCUT2D eigenvalue weighted by Gasteiger charge is 2.25. The van der Waals surface area contributed by atoms with Gasteiger partial charge in [-0.05, 0) is 93.7 Å². The second-order valence-corrected chi connectivity index (χ2v) is 15.1. The molecule has 0 bridgehead atoms. The molecule has 230 valence electrons. The van der Waals surface area contributed by atoms with Crippen LogP contribution in [0, 0.1) is 0 Å². The number of para-hydroxylation sites is 3. The molecule has 3 nitrogen and oxygen atoms in total. The molecule has 47 heavy (non-hydrogen) atoms. The van der Waals surface area contributed by atoms with E-state index < -0.39 is 0 Å². The number of hydrogen-bond acceptors (Lipinski definition) is 1. The summed E-state index contributed by atoms with van der Waals surface area (Å²) in [6.45, 7) is 13.8. The maximum Gasteiger partial charge on any atom is 0.152 e. The Morgan fingerprint density at radius 3 is 1.77 bits per heavy atom. The first-order chi connectivity index (χ1) is 22.6. The molecule has 8 aromatic rings. The molecule has 3 heteroatoms. The largest absolute Gasteiger partial charge is 0.453 e. The molecule has 1 aliphatic rings. The lowest BCUT2D eigenvalue weighted by atomic mass is 9.85. The van der Waals surface area contributed by atoms with E-state index in [1.807, 2.05) is 12.1 Å². The molecule has 0 saturated heterocycles. The Bertz CT molecular complexity index is 2480. The summed E-state index contributed by atoms with van der Waals surface area (Å²) in [6, 6.07) is 44.6. The minimum absolute atomic E-state index is 0.0739. The van der Waals surface area contributed by atoms with Crippen LogP contribution in [0.4, 0.5) is 0 Å². The maximum atomic E-state index is 6.38. The Hall–Kier alpha value is -5.28. The summed E-state index contributed by atoms with van der Waals surface area (Å²) in [5.74, 6) is 1.78. The van der Waals surface area contributed by atoms with Crippen molar-refractivity contribution < 1.29 is 4.74 Å². The fourth-order valence-electron chi connectivity index (χ4n) is 7.53. The van der Waals surface area contributed by atoms with Crippen LogP contribution in [-0.4, -0.2) is 9.13 Å². The predicted molar refractivity (Wildman–Crippen MR) is 198 cm³/mol. The van der Waals surface area contributed by atoms with Crippen LogP contribution in [0.15, 0.2) is 121 Å². The molecule has 6 aromatic carbocycles. The quantitative estimate of drug-likeness (QED) is 0.191. The highest BCUT2D eigenvalue weighted by molar-refractivity contribution is 6.17. The summed E-state index contributed by atoms with van der Waals surface area (Å²) in [6.07, 6.45) is 0. The number of ether oxygens (including phenoxy) is 1. The topological polar surface area (TPSA) is 19.1 Å². The number of hydrogen-bond donors (Lipinski definition) is 0. The van der Waals surface area contributed by atoms with Gasteiger partial charge in [-0.25, -0.2) is 0 Å². The minimum Gasteiger partial charge on any atom is -0.453 e. The van der Waals surface area contributed by atoms with Crippen molar-refractivity contribution in [1.29, 1.82) is 0 Å². The fraction of sp³-hybridized carbons (Fsp3) is 0.182. The van der Waals surface area contributed by atoms with E-state index in [2.05, 4.69) is 160 Å². The predicted octanol–water partition coefficient (Wildman–Crippen LogP) is 12.2. The third kappa shape index (κ3) is 4.12. The molecule has 9 rings (SSSR count). The molecule has 0 N–H and O–H groups in total. The monoisotopic (exact) mass is 610 g/mol. The average Bonchev–Trinajstić information content (AvgIpc) is 3.58. The van der Waals surface area contributed by atoms with E-state index in [1.165, 1.54) is 60.3 Å². The van der Waals surface area contributed by atoms with Gasteiger partial charge in [0.25, 0.3) is 0 Å². The van der Waals surface area contributed by atoms with Crippen molar-refractivity contribution in [3.63, 3.8) is 0 Å². The zero-order valence-electron chi connectivity index (χ0n) is 27.8. The first kappa shape index (κ1) is 28.0. The van der Waals surface area contributed by atoms with Crippen LogP contribution in [-0.2, 0) is 10.8 Å². The normalized spacial score (nSPS) is 13.1. The van der Waals surface area contributed by atoms with Gasteiger partial charge in [-0.3, -0.25) is 0 Å². The van der Waals surface area contributed by atoms with E-state index in [0.29, 0.717) is 0 Å². The summed E-state index contributed by atoms with van der Waals surface area (Å²) < 4.78 is 11.2. The van der Waals surface area contributed by atoms with Crippen molar-refractivity contribution >= 4 is 43.6 Å². The van der Waals surface area contributed by atoms with Gasteiger partial charge in [0.2, 0.25) is 0 Å². The first-order valence-electron chi connectivity index (χ1n) is 16.6. The molecule has 0 fully saturated rings. The Balaban J connectivity index is 1.24. The van der Waals surface area contributed by atoms with Gasteiger partial charge in [0.15, 0.2) is 11.5 Å². The first-order valence-corrected chi connectivity index (χ1v) is 16.6. The van der Waals surface area contributed by atoms with E-state index >= 15 is 0 Å². The molecular weight excluding hydrogens is 572 g/mol. The van der Waals surface area contributed by atoms with Crippen LogP contribution >= 0.6 is 0 Å². The Morgan fingerprint density at radius 1 is 0.489 bits per heavy atom. The number of nitrogens with zero attached hydrogens (tertiary/aromatic N) is 2.